The third-order valence-corrected chi connectivity index (χ3v) is 4.06. The van der Waals surface area contributed by atoms with Crippen molar-refractivity contribution < 1.29 is 18.3 Å². The first-order valence-corrected chi connectivity index (χ1v) is 7.64. The monoisotopic (exact) mass is 312 g/mol. The molecule has 1 aliphatic rings. The summed E-state index contributed by atoms with van der Waals surface area (Å²) < 4.78 is 31.3. The van der Waals surface area contributed by atoms with Crippen LogP contribution >= 0.6 is 0 Å². The molecule has 4 nitrogen and oxygen atoms in total. The number of hydrogen-bond acceptors (Lipinski definition) is 3. The molecule has 1 aromatic carbocycles. The van der Waals surface area contributed by atoms with Crippen molar-refractivity contribution in [3.63, 3.8) is 0 Å². The molecule has 0 spiro atoms. The first-order chi connectivity index (χ1) is 10.5. The summed E-state index contributed by atoms with van der Waals surface area (Å²) in [7, 11) is 0. The number of rotatable bonds is 7. The highest BCUT2D eigenvalue weighted by molar-refractivity contribution is 5.76. The van der Waals surface area contributed by atoms with Gasteiger partial charge in [0.1, 0.15) is 5.82 Å². The topological polar surface area (TPSA) is 64.3 Å². The largest absolute Gasteiger partial charge is 0.491 e. The van der Waals surface area contributed by atoms with Crippen LogP contribution in [0, 0.1) is 11.6 Å². The third-order valence-electron chi connectivity index (χ3n) is 4.06. The van der Waals surface area contributed by atoms with Crippen molar-refractivity contribution in [2.75, 3.05) is 13.2 Å². The van der Waals surface area contributed by atoms with Crippen LogP contribution in [0.25, 0.3) is 0 Å². The smallest absolute Gasteiger partial charge is 0.220 e. The quantitative estimate of drug-likeness (QED) is 0.760. The maximum absolute atomic E-state index is 13.3. The van der Waals surface area contributed by atoms with Gasteiger partial charge in [-0.05, 0) is 31.4 Å². The summed E-state index contributed by atoms with van der Waals surface area (Å²) in [6.45, 7) is 0.654. The van der Waals surface area contributed by atoms with E-state index in [-0.39, 0.29) is 23.8 Å². The second-order valence-electron chi connectivity index (χ2n) is 5.77. The van der Waals surface area contributed by atoms with Gasteiger partial charge in [0.2, 0.25) is 5.91 Å². The van der Waals surface area contributed by atoms with Crippen LogP contribution in [0.1, 0.15) is 38.5 Å². The summed E-state index contributed by atoms with van der Waals surface area (Å²) >= 11 is 0. The molecule has 1 saturated carbocycles. The normalized spacial score (nSPS) is 16.5. The van der Waals surface area contributed by atoms with Crippen LogP contribution in [0.4, 0.5) is 8.78 Å². The number of nitrogens with two attached hydrogens (primary N) is 1. The minimum atomic E-state index is -0.738. The highest BCUT2D eigenvalue weighted by Crippen LogP contribution is 2.28. The maximum Gasteiger partial charge on any atom is 0.220 e. The van der Waals surface area contributed by atoms with Gasteiger partial charge in [-0.3, -0.25) is 4.79 Å². The minimum Gasteiger partial charge on any atom is -0.491 e. The van der Waals surface area contributed by atoms with Crippen LogP contribution in [0.5, 0.6) is 5.75 Å². The summed E-state index contributed by atoms with van der Waals surface area (Å²) in [6, 6.07) is 3.15. The van der Waals surface area contributed by atoms with Gasteiger partial charge >= 0.3 is 0 Å². The zero-order valence-electron chi connectivity index (χ0n) is 12.5. The van der Waals surface area contributed by atoms with E-state index in [0.29, 0.717) is 19.4 Å². The van der Waals surface area contributed by atoms with Gasteiger partial charge in [0.05, 0.1) is 12.1 Å². The molecule has 0 heterocycles. The second kappa shape index (κ2) is 7.54. The molecule has 3 N–H and O–H groups in total. The van der Waals surface area contributed by atoms with Gasteiger partial charge < -0.3 is 15.8 Å². The summed E-state index contributed by atoms with van der Waals surface area (Å²) in [5, 5.41) is 3.02. The number of amides is 1. The fraction of sp³-hybridized carbons (Fsp3) is 0.562. The molecular weight excluding hydrogens is 290 g/mol. The van der Waals surface area contributed by atoms with Gasteiger partial charge in [0.15, 0.2) is 11.6 Å². The van der Waals surface area contributed by atoms with E-state index < -0.39 is 11.6 Å². The zero-order chi connectivity index (χ0) is 16.0. The molecule has 1 amide bonds. The number of halogens is 2. The Balaban J connectivity index is 1.71. The van der Waals surface area contributed by atoms with E-state index in [9.17, 15) is 13.6 Å². The molecule has 0 unspecified atom stereocenters. The second-order valence-corrected chi connectivity index (χ2v) is 5.77. The molecular formula is C16H22F2N2O2. The Morgan fingerprint density at radius 2 is 2.05 bits per heavy atom. The summed E-state index contributed by atoms with van der Waals surface area (Å²) in [4.78, 5) is 11.9. The molecule has 122 valence electrons. The van der Waals surface area contributed by atoms with Gasteiger partial charge in [-0.2, -0.15) is 0 Å². The molecule has 1 aliphatic carbocycles. The molecule has 1 aromatic rings. The third kappa shape index (κ3) is 4.40. The fourth-order valence-electron chi connectivity index (χ4n) is 2.80. The van der Waals surface area contributed by atoms with Crippen LogP contribution < -0.4 is 15.8 Å². The molecule has 1 fully saturated rings. The number of ether oxygens (including phenoxy) is 1. The van der Waals surface area contributed by atoms with Crippen LogP contribution in [0.15, 0.2) is 18.2 Å². The molecule has 0 atom stereocenters. The Labute approximate surface area is 129 Å². The van der Waals surface area contributed by atoms with Gasteiger partial charge in [-0.15, -0.1) is 0 Å². The lowest BCUT2D eigenvalue weighted by Gasteiger charge is -2.28. The lowest BCUT2D eigenvalue weighted by Crippen LogP contribution is -2.51. The fourth-order valence-corrected chi connectivity index (χ4v) is 2.80. The minimum absolute atomic E-state index is 0.00368. The molecule has 2 rings (SSSR count). The molecule has 22 heavy (non-hydrogen) atoms. The van der Waals surface area contributed by atoms with Crippen LogP contribution in [-0.2, 0) is 4.79 Å². The Morgan fingerprint density at radius 1 is 1.32 bits per heavy atom. The van der Waals surface area contributed by atoms with Crippen LogP contribution in [-0.4, -0.2) is 24.6 Å². The predicted molar refractivity (Wildman–Crippen MR) is 79.5 cm³/mol. The number of nitrogens with one attached hydrogen (secondary N) is 1. The van der Waals surface area contributed by atoms with Crippen molar-refractivity contribution in [3.8, 4) is 5.75 Å². The maximum atomic E-state index is 13.3. The molecule has 0 bridgehead atoms. The Kier molecular flexibility index (Phi) is 5.71. The summed E-state index contributed by atoms with van der Waals surface area (Å²) in [5.41, 5.74) is 5.52. The van der Waals surface area contributed by atoms with Crippen molar-refractivity contribution >= 4 is 5.91 Å². The van der Waals surface area contributed by atoms with E-state index in [1.54, 1.807) is 0 Å². The predicted octanol–water partition coefficient (Wildman–Crippen LogP) is 2.51. The van der Waals surface area contributed by atoms with E-state index >= 15 is 0 Å². The first-order valence-electron chi connectivity index (χ1n) is 7.64. The SMILES string of the molecule is NCC1(NC(=O)CCCOc2ccc(F)cc2F)CCCC1. The molecule has 6 heteroatoms. The van der Waals surface area contributed by atoms with Gasteiger partial charge in [0.25, 0.3) is 0 Å². The molecule has 0 saturated heterocycles. The summed E-state index contributed by atoms with van der Waals surface area (Å²) in [6.07, 6.45) is 4.78. The highest BCUT2D eigenvalue weighted by atomic mass is 19.1. The first kappa shape index (κ1) is 16.7. The van der Waals surface area contributed by atoms with E-state index in [2.05, 4.69) is 5.32 Å². The van der Waals surface area contributed by atoms with Crippen LogP contribution in [0.3, 0.4) is 0 Å². The summed E-state index contributed by atoms with van der Waals surface area (Å²) in [5.74, 6) is -1.45. The number of hydrogen-bond donors (Lipinski definition) is 2. The highest BCUT2D eigenvalue weighted by Gasteiger charge is 2.33. The van der Waals surface area contributed by atoms with Crippen molar-refractivity contribution in [3.05, 3.63) is 29.8 Å². The molecule has 0 aliphatic heterocycles. The van der Waals surface area contributed by atoms with E-state index in [1.807, 2.05) is 0 Å². The van der Waals surface area contributed by atoms with Crippen molar-refractivity contribution in [1.29, 1.82) is 0 Å². The standard InChI is InChI=1S/C16H22F2N2O2/c17-12-5-6-14(13(18)10-12)22-9-3-4-15(21)20-16(11-19)7-1-2-8-16/h5-6,10H,1-4,7-9,11,19H2,(H,20,21). The van der Waals surface area contributed by atoms with E-state index in [4.69, 9.17) is 10.5 Å². The Morgan fingerprint density at radius 3 is 2.68 bits per heavy atom. The van der Waals surface area contributed by atoms with E-state index in [0.717, 1.165) is 37.8 Å². The van der Waals surface area contributed by atoms with Crippen molar-refractivity contribution in [1.82, 2.24) is 5.32 Å². The number of carbonyl (C=O) groups excluding carboxylic acids is 1. The number of carbonyl (C=O) groups is 1. The van der Waals surface area contributed by atoms with Crippen molar-refractivity contribution in [2.45, 2.75) is 44.1 Å². The average Bonchev–Trinajstić information content (AvgIpc) is 2.94. The lowest BCUT2D eigenvalue weighted by atomic mass is 9.97. The Hall–Kier alpha value is -1.69. The lowest BCUT2D eigenvalue weighted by molar-refractivity contribution is -0.123. The zero-order valence-corrected chi connectivity index (χ0v) is 12.5. The number of benzene rings is 1. The van der Waals surface area contributed by atoms with E-state index in [1.165, 1.54) is 6.07 Å². The van der Waals surface area contributed by atoms with Gasteiger partial charge in [-0.1, -0.05) is 12.8 Å². The average molecular weight is 312 g/mol. The van der Waals surface area contributed by atoms with Crippen molar-refractivity contribution in [2.24, 2.45) is 5.73 Å². The van der Waals surface area contributed by atoms with Gasteiger partial charge in [-0.25, -0.2) is 8.78 Å². The van der Waals surface area contributed by atoms with Gasteiger partial charge in [0, 0.05) is 19.0 Å². The molecule has 0 aromatic heterocycles. The Bertz CT molecular complexity index is 517. The molecule has 0 radical (unpaired) electrons. The van der Waals surface area contributed by atoms with Crippen LogP contribution in [0.2, 0.25) is 0 Å².